The Kier molecular flexibility index (Phi) is 3.92. The molecule has 1 aliphatic rings. The van der Waals surface area contributed by atoms with Crippen molar-refractivity contribution in [1.82, 2.24) is 14.9 Å². The standard InChI is InChI=1S/C19H17N3O2/c23-19(16-3-1-5-17-15(16)4-2-8-21-17)22-11-12-24-18(13-22)14-6-9-20-10-7-14/h1-10,18H,11-13H2/t18-/m1/s1. The van der Waals surface area contributed by atoms with Gasteiger partial charge in [0.1, 0.15) is 6.10 Å². The van der Waals surface area contributed by atoms with Crippen LogP contribution in [0.4, 0.5) is 0 Å². The molecule has 4 rings (SSSR count). The smallest absolute Gasteiger partial charge is 0.254 e. The lowest BCUT2D eigenvalue weighted by molar-refractivity contribution is -0.0227. The number of amides is 1. The Morgan fingerprint density at radius 2 is 1.96 bits per heavy atom. The molecule has 1 amide bonds. The minimum Gasteiger partial charge on any atom is -0.370 e. The van der Waals surface area contributed by atoms with Crippen molar-refractivity contribution in [3.05, 3.63) is 72.2 Å². The van der Waals surface area contributed by atoms with E-state index in [1.54, 1.807) is 18.6 Å². The fourth-order valence-corrected chi connectivity index (χ4v) is 3.07. The Morgan fingerprint density at radius 1 is 1.08 bits per heavy atom. The number of hydrogen-bond acceptors (Lipinski definition) is 4. The monoisotopic (exact) mass is 319 g/mol. The first kappa shape index (κ1) is 14.8. The highest BCUT2D eigenvalue weighted by molar-refractivity contribution is 6.06. The van der Waals surface area contributed by atoms with E-state index in [1.165, 1.54) is 0 Å². The topological polar surface area (TPSA) is 55.3 Å². The number of carbonyl (C=O) groups excluding carboxylic acids is 1. The Hall–Kier alpha value is -2.79. The van der Waals surface area contributed by atoms with Crippen molar-refractivity contribution in [2.45, 2.75) is 6.10 Å². The lowest BCUT2D eigenvalue weighted by Gasteiger charge is -2.33. The van der Waals surface area contributed by atoms with Gasteiger partial charge in [-0.1, -0.05) is 12.1 Å². The van der Waals surface area contributed by atoms with Crippen molar-refractivity contribution in [2.24, 2.45) is 0 Å². The van der Waals surface area contributed by atoms with Gasteiger partial charge in [0.2, 0.25) is 0 Å². The third-order valence-electron chi connectivity index (χ3n) is 4.31. The van der Waals surface area contributed by atoms with Crippen LogP contribution in [0.5, 0.6) is 0 Å². The molecule has 0 saturated carbocycles. The molecule has 1 fully saturated rings. The predicted molar refractivity (Wildman–Crippen MR) is 90.6 cm³/mol. The van der Waals surface area contributed by atoms with Crippen LogP contribution in [0, 0.1) is 0 Å². The first-order valence-electron chi connectivity index (χ1n) is 7.97. The van der Waals surface area contributed by atoms with E-state index in [-0.39, 0.29) is 12.0 Å². The Labute approximate surface area is 139 Å². The Morgan fingerprint density at radius 3 is 2.83 bits per heavy atom. The number of aromatic nitrogens is 2. The highest BCUT2D eigenvalue weighted by Gasteiger charge is 2.26. The summed E-state index contributed by atoms with van der Waals surface area (Å²) in [6.45, 7) is 1.66. The number of nitrogens with zero attached hydrogens (tertiary/aromatic N) is 3. The molecule has 1 aliphatic heterocycles. The summed E-state index contributed by atoms with van der Waals surface area (Å²) in [6.07, 6.45) is 5.12. The molecular weight excluding hydrogens is 302 g/mol. The molecule has 0 spiro atoms. The molecule has 0 radical (unpaired) electrons. The van der Waals surface area contributed by atoms with Crippen LogP contribution in [-0.2, 0) is 4.74 Å². The van der Waals surface area contributed by atoms with Gasteiger partial charge in [-0.3, -0.25) is 14.8 Å². The van der Waals surface area contributed by atoms with Gasteiger partial charge >= 0.3 is 0 Å². The first-order valence-corrected chi connectivity index (χ1v) is 7.97. The van der Waals surface area contributed by atoms with Gasteiger partial charge in [0.25, 0.3) is 5.91 Å². The molecule has 0 unspecified atom stereocenters. The summed E-state index contributed by atoms with van der Waals surface area (Å²) in [5.41, 5.74) is 2.57. The lowest BCUT2D eigenvalue weighted by Crippen LogP contribution is -2.42. The number of carbonyl (C=O) groups is 1. The van der Waals surface area contributed by atoms with Gasteiger partial charge < -0.3 is 9.64 Å². The maximum absolute atomic E-state index is 13.0. The summed E-state index contributed by atoms with van der Waals surface area (Å²) in [6, 6.07) is 13.3. The second kappa shape index (κ2) is 6.37. The molecule has 0 bridgehead atoms. The minimum absolute atomic E-state index is 0.0240. The molecule has 0 aliphatic carbocycles. The minimum atomic E-state index is -0.112. The molecule has 5 heteroatoms. The van der Waals surface area contributed by atoms with E-state index >= 15 is 0 Å². The van der Waals surface area contributed by atoms with E-state index in [2.05, 4.69) is 9.97 Å². The van der Waals surface area contributed by atoms with Crippen molar-refractivity contribution in [3.8, 4) is 0 Å². The molecule has 120 valence electrons. The van der Waals surface area contributed by atoms with Crippen molar-refractivity contribution in [2.75, 3.05) is 19.7 Å². The van der Waals surface area contributed by atoms with Gasteiger partial charge in [-0.2, -0.15) is 0 Å². The van der Waals surface area contributed by atoms with Crippen LogP contribution in [0.15, 0.2) is 61.1 Å². The average molecular weight is 319 g/mol. The molecule has 24 heavy (non-hydrogen) atoms. The zero-order chi connectivity index (χ0) is 16.4. The van der Waals surface area contributed by atoms with Crippen LogP contribution in [0.1, 0.15) is 22.0 Å². The van der Waals surface area contributed by atoms with Crippen LogP contribution in [0.2, 0.25) is 0 Å². The largest absolute Gasteiger partial charge is 0.370 e. The summed E-state index contributed by atoms with van der Waals surface area (Å²) in [4.78, 5) is 23.2. The Bertz CT molecular complexity index is 861. The molecule has 1 atom stereocenters. The number of pyridine rings is 2. The average Bonchev–Trinajstić information content (AvgIpc) is 2.68. The fourth-order valence-electron chi connectivity index (χ4n) is 3.07. The summed E-state index contributed by atoms with van der Waals surface area (Å²) in [5, 5.41) is 0.886. The van der Waals surface area contributed by atoms with Gasteiger partial charge in [0.15, 0.2) is 0 Å². The van der Waals surface area contributed by atoms with E-state index in [0.717, 1.165) is 16.5 Å². The highest BCUT2D eigenvalue weighted by atomic mass is 16.5. The lowest BCUT2D eigenvalue weighted by atomic mass is 10.1. The Balaban J connectivity index is 1.62. The third-order valence-corrected chi connectivity index (χ3v) is 4.31. The molecule has 0 N–H and O–H groups in total. The van der Waals surface area contributed by atoms with E-state index in [1.807, 2.05) is 47.4 Å². The van der Waals surface area contributed by atoms with Gasteiger partial charge in [0, 0.05) is 36.1 Å². The number of ether oxygens (including phenoxy) is 1. The van der Waals surface area contributed by atoms with Crippen LogP contribution in [0.3, 0.4) is 0 Å². The van der Waals surface area contributed by atoms with E-state index < -0.39 is 0 Å². The van der Waals surface area contributed by atoms with Crippen LogP contribution < -0.4 is 0 Å². The summed E-state index contributed by atoms with van der Waals surface area (Å²) in [5.74, 6) is 0.0240. The molecular formula is C19H17N3O2. The summed E-state index contributed by atoms with van der Waals surface area (Å²) < 4.78 is 5.83. The summed E-state index contributed by atoms with van der Waals surface area (Å²) >= 11 is 0. The number of fused-ring (bicyclic) bond motifs is 1. The summed E-state index contributed by atoms with van der Waals surface area (Å²) in [7, 11) is 0. The normalized spacial score (nSPS) is 17.8. The first-order chi connectivity index (χ1) is 11.8. The number of morpholine rings is 1. The second-order valence-electron chi connectivity index (χ2n) is 5.77. The number of benzene rings is 1. The van der Waals surface area contributed by atoms with E-state index in [4.69, 9.17) is 4.74 Å². The van der Waals surface area contributed by atoms with Crippen molar-refractivity contribution >= 4 is 16.8 Å². The van der Waals surface area contributed by atoms with Gasteiger partial charge in [0.05, 0.1) is 18.7 Å². The van der Waals surface area contributed by atoms with Crippen molar-refractivity contribution < 1.29 is 9.53 Å². The SMILES string of the molecule is O=C(c1cccc2ncccc12)N1CCO[C@@H](c2ccncc2)C1. The van der Waals surface area contributed by atoms with Crippen LogP contribution in [0.25, 0.3) is 10.9 Å². The highest BCUT2D eigenvalue weighted by Crippen LogP contribution is 2.24. The zero-order valence-electron chi connectivity index (χ0n) is 13.1. The maximum atomic E-state index is 13.0. The van der Waals surface area contributed by atoms with Crippen molar-refractivity contribution in [3.63, 3.8) is 0 Å². The molecule has 1 aromatic carbocycles. The molecule has 2 aromatic heterocycles. The number of rotatable bonds is 2. The van der Waals surface area contributed by atoms with Crippen LogP contribution in [-0.4, -0.2) is 40.5 Å². The van der Waals surface area contributed by atoms with E-state index in [9.17, 15) is 4.79 Å². The third kappa shape index (κ3) is 2.74. The molecule has 3 heterocycles. The predicted octanol–water partition coefficient (Wildman–Crippen LogP) is 2.84. The molecule has 1 saturated heterocycles. The van der Waals surface area contributed by atoms with Gasteiger partial charge in [-0.05, 0) is 35.9 Å². The number of hydrogen-bond donors (Lipinski definition) is 0. The molecule has 5 nitrogen and oxygen atoms in total. The van der Waals surface area contributed by atoms with Crippen molar-refractivity contribution in [1.29, 1.82) is 0 Å². The fraction of sp³-hybridized carbons (Fsp3) is 0.211. The van der Waals surface area contributed by atoms with E-state index in [0.29, 0.717) is 25.3 Å². The van der Waals surface area contributed by atoms with Gasteiger partial charge in [-0.25, -0.2) is 0 Å². The maximum Gasteiger partial charge on any atom is 0.254 e. The van der Waals surface area contributed by atoms with Gasteiger partial charge in [-0.15, -0.1) is 0 Å². The van der Waals surface area contributed by atoms with Crippen LogP contribution >= 0.6 is 0 Å². The molecule has 3 aromatic rings. The zero-order valence-corrected chi connectivity index (χ0v) is 13.1. The quantitative estimate of drug-likeness (QED) is 0.729. The second-order valence-corrected chi connectivity index (χ2v) is 5.77.